The van der Waals surface area contributed by atoms with E-state index in [0.717, 1.165) is 0 Å². The van der Waals surface area contributed by atoms with Crippen LogP contribution in [0.1, 0.15) is 47.5 Å². The Morgan fingerprint density at radius 1 is 1.05 bits per heavy atom. The number of nitrogens with one attached hydrogen (secondary N) is 2. The zero-order chi connectivity index (χ0) is 16.8. The van der Waals surface area contributed by atoms with Crippen LogP contribution in [0.25, 0.3) is 0 Å². The van der Waals surface area contributed by atoms with Gasteiger partial charge < -0.3 is 10.4 Å². The average Bonchev–Trinajstić information content (AvgIpc) is 2.34. The molecule has 0 aromatic rings. The van der Waals surface area contributed by atoms with E-state index in [-0.39, 0.29) is 24.7 Å². The van der Waals surface area contributed by atoms with Crippen molar-refractivity contribution in [3.63, 3.8) is 0 Å². The van der Waals surface area contributed by atoms with E-state index in [0.29, 0.717) is 0 Å². The van der Waals surface area contributed by atoms with E-state index in [1.807, 2.05) is 27.7 Å². The molecule has 7 heteroatoms. The van der Waals surface area contributed by atoms with Gasteiger partial charge in [0, 0.05) is 0 Å². The molecule has 0 bridgehead atoms. The third kappa shape index (κ3) is 5.71. The highest BCUT2D eigenvalue weighted by Crippen LogP contribution is 2.27. The maximum Gasteiger partial charge on any atom is 0.326 e. The first-order valence-electron chi connectivity index (χ1n) is 7.02. The van der Waals surface area contributed by atoms with Gasteiger partial charge in [-0.3, -0.25) is 14.8 Å². The summed E-state index contributed by atoms with van der Waals surface area (Å²) in [7, 11) is 0. The molecule has 0 spiro atoms. The van der Waals surface area contributed by atoms with Gasteiger partial charge in [-0.1, -0.05) is 27.7 Å². The Bertz CT molecular complexity index is 395. The van der Waals surface area contributed by atoms with Crippen molar-refractivity contribution in [1.29, 1.82) is 0 Å². The lowest BCUT2D eigenvalue weighted by Gasteiger charge is -2.29. The van der Waals surface area contributed by atoms with E-state index < -0.39 is 29.2 Å². The van der Waals surface area contributed by atoms with Crippen LogP contribution >= 0.6 is 0 Å². The van der Waals surface area contributed by atoms with Crippen LogP contribution in [0.2, 0.25) is 0 Å². The molecule has 0 saturated carbocycles. The fraction of sp³-hybridized carbons (Fsp3) is 0.786. The number of carboxylic acids is 1. The molecule has 0 aromatic carbocycles. The van der Waals surface area contributed by atoms with Gasteiger partial charge in [-0.05, 0) is 31.6 Å². The fourth-order valence-electron chi connectivity index (χ4n) is 2.24. The van der Waals surface area contributed by atoms with E-state index in [2.05, 4.69) is 5.32 Å². The Kier molecular flexibility index (Phi) is 7.35. The summed E-state index contributed by atoms with van der Waals surface area (Å²) < 4.78 is 0. The van der Waals surface area contributed by atoms with Gasteiger partial charge in [0.15, 0.2) is 0 Å². The predicted octanol–water partition coefficient (Wildman–Crippen LogP) is 1.16. The zero-order valence-corrected chi connectivity index (χ0v) is 13.3. The number of carbonyl (C=O) groups excluding carboxylic acids is 2. The van der Waals surface area contributed by atoms with E-state index in [9.17, 15) is 14.4 Å². The maximum absolute atomic E-state index is 12.4. The Hall–Kier alpha value is -1.63. The van der Waals surface area contributed by atoms with Crippen LogP contribution in [0.4, 0.5) is 0 Å². The number of carbonyl (C=O) groups is 3. The quantitative estimate of drug-likeness (QED) is 0.305. The third-order valence-electron chi connectivity index (χ3n) is 3.23. The Morgan fingerprint density at radius 3 is 1.90 bits per heavy atom. The Balaban J connectivity index is 5.20. The molecule has 0 fully saturated rings. The van der Waals surface area contributed by atoms with Crippen LogP contribution in [0.3, 0.4) is 0 Å². The highest BCUT2D eigenvalue weighted by molar-refractivity contribution is 6.05. The van der Waals surface area contributed by atoms with Crippen LogP contribution in [0, 0.1) is 17.3 Å². The topological polar surface area (TPSA) is 116 Å². The van der Waals surface area contributed by atoms with E-state index in [1.165, 1.54) is 12.4 Å². The molecule has 0 aliphatic carbocycles. The fourth-order valence-corrected chi connectivity index (χ4v) is 2.24. The van der Waals surface area contributed by atoms with Crippen molar-refractivity contribution in [3.8, 4) is 0 Å². The van der Waals surface area contributed by atoms with E-state index in [4.69, 9.17) is 10.3 Å². The van der Waals surface area contributed by atoms with Gasteiger partial charge in [-0.2, -0.15) is 0 Å². The summed E-state index contributed by atoms with van der Waals surface area (Å²) in [5.41, 5.74) is -0.0323. The molecule has 21 heavy (non-hydrogen) atoms. The van der Waals surface area contributed by atoms with Gasteiger partial charge in [0.1, 0.15) is 11.5 Å². The van der Waals surface area contributed by atoms with Gasteiger partial charge in [0.2, 0.25) is 5.91 Å². The van der Waals surface area contributed by atoms with Crippen LogP contribution < -0.4 is 10.8 Å². The molecule has 0 aliphatic rings. The third-order valence-corrected chi connectivity index (χ3v) is 3.23. The van der Waals surface area contributed by atoms with Crippen molar-refractivity contribution in [2.24, 2.45) is 17.3 Å². The van der Waals surface area contributed by atoms with Crippen LogP contribution in [-0.2, 0) is 14.4 Å². The summed E-state index contributed by atoms with van der Waals surface area (Å²) in [6.07, 6.45) is 0.457. The number of hydrogen-bond acceptors (Lipinski definition) is 4. The summed E-state index contributed by atoms with van der Waals surface area (Å²) in [6.45, 7) is 8.74. The zero-order valence-electron chi connectivity index (χ0n) is 13.3. The number of aliphatic carboxylic acids is 1. The minimum atomic E-state index is -1.52. The summed E-state index contributed by atoms with van der Waals surface area (Å²) in [6, 6.07) is -1.06. The van der Waals surface area contributed by atoms with Gasteiger partial charge in [-0.25, -0.2) is 10.3 Å². The second-order valence-corrected chi connectivity index (χ2v) is 6.36. The monoisotopic (exact) mass is 302 g/mol. The normalized spacial score (nSPS) is 15.4. The van der Waals surface area contributed by atoms with Gasteiger partial charge >= 0.3 is 5.97 Å². The van der Waals surface area contributed by atoms with Crippen LogP contribution in [0.15, 0.2) is 0 Å². The molecule has 0 radical (unpaired) electrons. The summed E-state index contributed by atoms with van der Waals surface area (Å²) in [4.78, 5) is 35.4. The van der Waals surface area contributed by atoms with Crippen molar-refractivity contribution in [1.82, 2.24) is 10.8 Å². The summed E-state index contributed by atoms with van der Waals surface area (Å²) >= 11 is 0. The van der Waals surface area contributed by atoms with Crippen molar-refractivity contribution >= 4 is 17.8 Å². The molecular weight excluding hydrogens is 276 g/mol. The maximum atomic E-state index is 12.4. The number of carboxylic acid groups (broad SMARTS) is 1. The largest absolute Gasteiger partial charge is 0.480 e. The van der Waals surface area contributed by atoms with Gasteiger partial charge in [0.25, 0.3) is 5.91 Å². The average molecular weight is 302 g/mol. The molecule has 0 heterocycles. The van der Waals surface area contributed by atoms with Crippen LogP contribution in [0.5, 0.6) is 0 Å². The first-order valence-corrected chi connectivity index (χ1v) is 7.02. The predicted molar refractivity (Wildman–Crippen MR) is 76.5 cm³/mol. The molecule has 2 amide bonds. The molecule has 0 rings (SSSR count). The lowest BCUT2D eigenvalue weighted by molar-refractivity contribution is -0.152. The lowest BCUT2D eigenvalue weighted by atomic mass is 9.80. The molecule has 4 N–H and O–H groups in total. The smallest absolute Gasteiger partial charge is 0.326 e. The first-order chi connectivity index (χ1) is 9.54. The number of hydroxylamine groups is 1. The molecular formula is C14H26N2O5. The van der Waals surface area contributed by atoms with E-state index >= 15 is 0 Å². The molecule has 7 nitrogen and oxygen atoms in total. The highest BCUT2D eigenvalue weighted by Gasteiger charge is 2.43. The Morgan fingerprint density at radius 2 is 1.57 bits per heavy atom. The molecule has 0 aliphatic heterocycles. The van der Waals surface area contributed by atoms with Gasteiger partial charge in [0.05, 0.1) is 0 Å². The number of rotatable bonds is 8. The first kappa shape index (κ1) is 19.4. The second kappa shape index (κ2) is 7.97. The Labute approximate surface area is 125 Å². The molecule has 0 aromatic heterocycles. The van der Waals surface area contributed by atoms with Crippen LogP contribution in [-0.4, -0.2) is 34.1 Å². The highest BCUT2D eigenvalue weighted by atomic mass is 16.5. The SMILES string of the molecule is CC(C)C[C@H](NC(=O)C(C)(CC(C)C)C(=O)NO)C(=O)O. The minimum absolute atomic E-state index is 0.0198. The van der Waals surface area contributed by atoms with Crippen molar-refractivity contribution in [3.05, 3.63) is 0 Å². The molecule has 1 unspecified atom stereocenters. The second-order valence-electron chi connectivity index (χ2n) is 6.36. The standard InChI is InChI=1S/C14H26N2O5/c1-8(2)6-10(11(17)18)15-12(19)14(5,7-9(3)4)13(20)16-21/h8-10,21H,6-7H2,1-5H3,(H,15,19)(H,16,20)(H,17,18)/t10-,14?/m0/s1. The molecule has 122 valence electrons. The lowest BCUT2D eigenvalue weighted by Crippen LogP contribution is -2.54. The van der Waals surface area contributed by atoms with Gasteiger partial charge in [-0.15, -0.1) is 0 Å². The van der Waals surface area contributed by atoms with Crippen molar-refractivity contribution in [2.75, 3.05) is 0 Å². The van der Waals surface area contributed by atoms with Crippen molar-refractivity contribution in [2.45, 2.75) is 53.5 Å². The van der Waals surface area contributed by atoms with Crippen molar-refractivity contribution < 1.29 is 24.7 Å². The van der Waals surface area contributed by atoms with E-state index in [1.54, 1.807) is 0 Å². The molecule has 2 atom stereocenters. The summed E-state index contributed by atoms with van der Waals surface area (Å²) in [5.74, 6) is -2.59. The summed E-state index contributed by atoms with van der Waals surface area (Å²) in [5, 5.41) is 20.4. The number of amides is 2. The molecule has 0 saturated heterocycles. The number of hydrogen-bond donors (Lipinski definition) is 4. The minimum Gasteiger partial charge on any atom is -0.480 e.